The highest BCUT2D eigenvalue weighted by atomic mass is 79.9. The van der Waals surface area contributed by atoms with Gasteiger partial charge in [-0.05, 0) is 61.2 Å². The summed E-state index contributed by atoms with van der Waals surface area (Å²) >= 11 is 3.36. The zero-order valence-electron chi connectivity index (χ0n) is 16.7. The van der Waals surface area contributed by atoms with E-state index in [9.17, 15) is 14.7 Å². The predicted molar refractivity (Wildman–Crippen MR) is 117 cm³/mol. The average molecular weight is 488 g/mol. The van der Waals surface area contributed by atoms with Gasteiger partial charge in [-0.25, -0.2) is 10.3 Å². The molecule has 0 fully saturated rings. The van der Waals surface area contributed by atoms with Gasteiger partial charge in [-0.1, -0.05) is 28.9 Å². The van der Waals surface area contributed by atoms with Gasteiger partial charge in [0.15, 0.2) is 0 Å². The molecule has 0 bridgehead atoms. The number of carbonyl (C=O) groups excluding carboxylic acids is 2. The van der Waals surface area contributed by atoms with E-state index in [0.717, 1.165) is 0 Å². The number of anilines is 1. The summed E-state index contributed by atoms with van der Waals surface area (Å²) in [6.45, 7) is 1.86. The van der Waals surface area contributed by atoms with Gasteiger partial charge in [0.05, 0.1) is 11.6 Å². The maximum Gasteiger partial charge on any atom is 0.412 e. The van der Waals surface area contributed by atoms with Crippen LogP contribution < -0.4 is 10.8 Å². The lowest BCUT2D eigenvalue weighted by molar-refractivity contribution is -0.124. The molecule has 31 heavy (non-hydrogen) atoms. The van der Waals surface area contributed by atoms with Crippen LogP contribution in [0.4, 0.5) is 10.5 Å². The number of hydrogen-bond acceptors (Lipinski definition) is 6. The molecular weight excluding hydrogens is 466 g/mol. The van der Waals surface area contributed by atoms with Crippen molar-refractivity contribution in [2.24, 2.45) is 5.92 Å². The van der Waals surface area contributed by atoms with Gasteiger partial charge in [0.1, 0.15) is 11.9 Å². The number of ether oxygens (including phenoxy) is 1. The van der Waals surface area contributed by atoms with E-state index in [2.05, 4.69) is 21.2 Å². The maximum atomic E-state index is 12.5. The quantitative estimate of drug-likeness (QED) is 0.240. The lowest BCUT2D eigenvalue weighted by Gasteiger charge is -2.25. The number of phenolic OH excluding ortho intramolecular Hbond substituents is 1. The summed E-state index contributed by atoms with van der Waals surface area (Å²) in [5, 5.41) is 30.3. The van der Waals surface area contributed by atoms with Crippen molar-refractivity contribution in [3.05, 3.63) is 70.2 Å². The van der Waals surface area contributed by atoms with Gasteiger partial charge in [0, 0.05) is 21.8 Å². The van der Waals surface area contributed by atoms with E-state index < -0.39 is 18.1 Å². The van der Waals surface area contributed by atoms with Crippen LogP contribution in [0, 0.1) is 17.2 Å². The van der Waals surface area contributed by atoms with Gasteiger partial charge in [-0.15, -0.1) is 0 Å². The second-order valence-electron chi connectivity index (χ2n) is 6.78. The Bertz CT molecular complexity index is 986. The zero-order valence-corrected chi connectivity index (χ0v) is 18.3. The topological polar surface area (TPSA) is 132 Å². The molecule has 0 aromatic heterocycles. The Labute approximate surface area is 188 Å². The normalized spacial score (nSPS) is 12.6. The van der Waals surface area contributed by atoms with Gasteiger partial charge in [-0.2, -0.15) is 5.26 Å². The number of nitriles is 1. The molecule has 4 N–H and O–H groups in total. The fourth-order valence-electron chi connectivity index (χ4n) is 2.87. The first-order valence-electron chi connectivity index (χ1n) is 9.41. The minimum Gasteiger partial charge on any atom is -0.508 e. The molecule has 0 saturated heterocycles. The fourth-order valence-corrected chi connectivity index (χ4v) is 3.25. The summed E-state index contributed by atoms with van der Waals surface area (Å²) < 4.78 is 6.37. The average Bonchev–Trinajstić information content (AvgIpc) is 2.77. The van der Waals surface area contributed by atoms with Crippen molar-refractivity contribution in [1.82, 2.24) is 5.48 Å². The monoisotopic (exact) mass is 487 g/mol. The Kier molecular flexibility index (Phi) is 9.06. The lowest BCUT2D eigenvalue weighted by atomic mass is 9.92. The van der Waals surface area contributed by atoms with Gasteiger partial charge in [0.2, 0.25) is 0 Å². The molecule has 9 heteroatoms. The largest absolute Gasteiger partial charge is 0.508 e. The number of amides is 2. The predicted octanol–water partition coefficient (Wildman–Crippen LogP) is 4.79. The lowest BCUT2D eigenvalue weighted by Crippen LogP contribution is -2.22. The molecule has 0 spiro atoms. The van der Waals surface area contributed by atoms with E-state index in [0.29, 0.717) is 34.1 Å². The van der Waals surface area contributed by atoms with Crippen LogP contribution in [-0.4, -0.2) is 22.3 Å². The van der Waals surface area contributed by atoms with Crippen molar-refractivity contribution < 1.29 is 24.6 Å². The molecule has 162 valence electrons. The third kappa shape index (κ3) is 7.44. The number of halogens is 1. The number of hydroxylamine groups is 1. The first-order chi connectivity index (χ1) is 14.8. The summed E-state index contributed by atoms with van der Waals surface area (Å²) in [7, 11) is 0. The highest BCUT2D eigenvalue weighted by Crippen LogP contribution is 2.36. The first kappa shape index (κ1) is 23.9. The van der Waals surface area contributed by atoms with Crippen LogP contribution in [-0.2, 0) is 9.53 Å². The van der Waals surface area contributed by atoms with Crippen molar-refractivity contribution in [2.45, 2.75) is 25.9 Å². The number of nitrogens with one attached hydrogen (secondary N) is 2. The van der Waals surface area contributed by atoms with Gasteiger partial charge >= 0.3 is 6.09 Å². The number of hydrogen-bond donors (Lipinski definition) is 4. The Hall–Kier alpha value is -3.35. The minimum absolute atomic E-state index is 0.0126. The third-order valence-corrected chi connectivity index (χ3v) is 4.97. The van der Waals surface area contributed by atoms with Crippen molar-refractivity contribution in [3.8, 4) is 11.8 Å². The molecule has 8 nitrogen and oxygen atoms in total. The summed E-state index contributed by atoms with van der Waals surface area (Å²) in [4.78, 5) is 23.6. The van der Waals surface area contributed by atoms with Crippen LogP contribution in [0.1, 0.15) is 37.0 Å². The smallest absolute Gasteiger partial charge is 0.412 e. The third-order valence-electron chi connectivity index (χ3n) is 4.48. The molecule has 2 amide bonds. The van der Waals surface area contributed by atoms with Crippen LogP contribution in [0.5, 0.6) is 5.75 Å². The summed E-state index contributed by atoms with van der Waals surface area (Å²) in [6.07, 6.45) is 2.34. The van der Waals surface area contributed by atoms with E-state index in [1.165, 1.54) is 17.6 Å². The number of phenols is 1. The molecule has 0 heterocycles. The number of aromatic hydroxyl groups is 1. The second kappa shape index (κ2) is 11.7. The molecule has 0 radical (unpaired) electrons. The Morgan fingerprint density at radius 2 is 1.97 bits per heavy atom. The molecular formula is C22H22BrN3O5. The molecule has 0 aliphatic heterocycles. The summed E-state index contributed by atoms with van der Waals surface area (Å²) in [5.74, 6) is -0.859. The molecule has 2 aromatic carbocycles. The fraction of sp³-hybridized carbons (Fsp3) is 0.227. The minimum atomic E-state index is -0.768. The van der Waals surface area contributed by atoms with Crippen LogP contribution in [0.3, 0.4) is 0 Å². The van der Waals surface area contributed by atoms with Gasteiger partial charge in [0.25, 0.3) is 5.91 Å². The standard InChI is InChI=1S/C22H22BrN3O5/c1-14(4-2-3-5-20(28)26-30)21(18-12-16(23)8-11-19(18)27)31-22(29)25-17-9-6-15(13-24)7-10-17/h3,5-12,14,21,27,30H,2,4H2,1H3,(H,25,29)(H,26,28)/b5-3+/t14-,21+/m1/s1. The van der Waals surface area contributed by atoms with Crippen molar-refractivity contribution in [1.29, 1.82) is 5.26 Å². The van der Waals surface area contributed by atoms with E-state index in [1.807, 2.05) is 13.0 Å². The van der Waals surface area contributed by atoms with Crippen LogP contribution in [0.2, 0.25) is 0 Å². The van der Waals surface area contributed by atoms with Crippen molar-refractivity contribution in [3.63, 3.8) is 0 Å². The van der Waals surface area contributed by atoms with Gasteiger partial charge < -0.3 is 9.84 Å². The summed E-state index contributed by atoms with van der Waals surface area (Å²) in [6, 6.07) is 13.2. The van der Waals surface area contributed by atoms with E-state index in [4.69, 9.17) is 15.2 Å². The number of benzene rings is 2. The Morgan fingerprint density at radius 3 is 2.61 bits per heavy atom. The van der Waals surface area contributed by atoms with Crippen molar-refractivity contribution in [2.75, 3.05) is 5.32 Å². The summed E-state index contributed by atoms with van der Waals surface area (Å²) in [5.41, 5.74) is 2.88. The van der Waals surface area contributed by atoms with Gasteiger partial charge in [-0.3, -0.25) is 15.3 Å². The molecule has 0 aliphatic rings. The maximum absolute atomic E-state index is 12.5. The van der Waals surface area contributed by atoms with Crippen molar-refractivity contribution >= 4 is 33.6 Å². The molecule has 0 saturated carbocycles. The SMILES string of the molecule is C[C@H](CC/C=C/C(=O)NO)[C@H](OC(=O)Nc1ccc(C#N)cc1)c1cc(Br)ccc1O. The molecule has 2 atom stereocenters. The Morgan fingerprint density at radius 1 is 1.26 bits per heavy atom. The van der Waals surface area contributed by atoms with E-state index in [-0.39, 0.29) is 11.7 Å². The highest BCUT2D eigenvalue weighted by Gasteiger charge is 2.26. The van der Waals surface area contributed by atoms with Crippen LogP contribution >= 0.6 is 15.9 Å². The number of nitrogens with zero attached hydrogens (tertiary/aromatic N) is 1. The highest BCUT2D eigenvalue weighted by molar-refractivity contribution is 9.10. The zero-order chi connectivity index (χ0) is 22.8. The number of rotatable bonds is 8. The molecule has 2 aromatic rings. The van der Waals surface area contributed by atoms with Crippen LogP contribution in [0.25, 0.3) is 0 Å². The number of allylic oxidation sites excluding steroid dienone is 1. The Balaban J connectivity index is 2.15. The molecule has 0 unspecified atom stereocenters. The van der Waals surface area contributed by atoms with E-state index in [1.54, 1.807) is 42.5 Å². The second-order valence-corrected chi connectivity index (χ2v) is 7.69. The van der Waals surface area contributed by atoms with E-state index >= 15 is 0 Å². The number of carbonyl (C=O) groups is 2. The molecule has 0 aliphatic carbocycles. The molecule has 2 rings (SSSR count). The first-order valence-corrected chi connectivity index (χ1v) is 10.2. The van der Waals surface area contributed by atoms with Crippen LogP contribution in [0.15, 0.2) is 59.1 Å².